The van der Waals surface area contributed by atoms with Crippen LogP contribution in [0.25, 0.3) is 0 Å². The van der Waals surface area contributed by atoms with Crippen LogP contribution in [0.2, 0.25) is 0 Å². The summed E-state index contributed by atoms with van der Waals surface area (Å²) in [7, 11) is 1.92. The van der Waals surface area contributed by atoms with E-state index in [1.165, 1.54) is 0 Å². The van der Waals surface area contributed by atoms with Crippen molar-refractivity contribution < 1.29 is 4.84 Å². The molecule has 0 aromatic carbocycles. The molecule has 0 aromatic rings. The highest BCUT2D eigenvalue weighted by atomic mass is 16.7. The summed E-state index contributed by atoms with van der Waals surface area (Å²) in [5, 5.41) is 10.7. The quantitative estimate of drug-likeness (QED) is 0.600. The summed E-state index contributed by atoms with van der Waals surface area (Å²) in [6, 6.07) is 2.65. The van der Waals surface area contributed by atoms with Gasteiger partial charge in [0.15, 0.2) is 0 Å². The molecule has 0 spiro atoms. The van der Waals surface area contributed by atoms with Crippen LogP contribution in [0.15, 0.2) is 0 Å². The predicted molar refractivity (Wildman–Crippen MR) is 46.1 cm³/mol. The summed E-state index contributed by atoms with van der Waals surface area (Å²) in [6.07, 6.45) is 3.27. The van der Waals surface area contributed by atoms with Crippen molar-refractivity contribution in [2.75, 3.05) is 13.7 Å². The number of hydrogen-bond acceptors (Lipinski definition) is 3. The maximum Gasteiger partial charge on any atom is 0.0673 e. The molecule has 0 bridgehead atoms. The lowest BCUT2D eigenvalue weighted by Crippen LogP contribution is -2.34. The topological polar surface area (TPSA) is 36.3 Å². The fourth-order valence-electron chi connectivity index (χ4n) is 1.83. The molecule has 0 aliphatic heterocycles. The van der Waals surface area contributed by atoms with Crippen molar-refractivity contribution in [3.8, 4) is 6.07 Å². The Bertz CT molecular complexity index is 176. The van der Waals surface area contributed by atoms with E-state index >= 15 is 0 Å². The molecule has 2 atom stereocenters. The predicted octanol–water partition coefficient (Wildman–Crippen LogP) is 1.56. The Morgan fingerprint density at radius 3 is 2.92 bits per heavy atom. The van der Waals surface area contributed by atoms with E-state index in [0.717, 1.165) is 19.3 Å². The lowest BCUT2D eigenvalue weighted by molar-refractivity contribution is -0.166. The lowest BCUT2D eigenvalue weighted by Gasteiger charge is -2.24. The molecule has 1 aliphatic carbocycles. The first-order valence-corrected chi connectivity index (χ1v) is 4.55. The standard InChI is InChI=1S/C9H16N2O/c1-3-12-11(2)9-6-4-5-8(9)7-10/h8-9H,3-6H2,1-2H3. The van der Waals surface area contributed by atoms with Gasteiger partial charge in [0, 0.05) is 7.05 Å². The van der Waals surface area contributed by atoms with Crippen LogP contribution < -0.4 is 0 Å². The average Bonchev–Trinajstić information content (AvgIpc) is 2.51. The minimum Gasteiger partial charge on any atom is -0.299 e. The largest absolute Gasteiger partial charge is 0.299 e. The first-order valence-electron chi connectivity index (χ1n) is 4.55. The minimum atomic E-state index is 0.168. The van der Waals surface area contributed by atoms with Crippen molar-refractivity contribution in [2.45, 2.75) is 32.2 Å². The summed E-state index contributed by atoms with van der Waals surface area (Å²) < 4.78 is 0. The number of hydroxylamine groups is 2. The van der Waals surface area contributed by atoms with Crippen molar-refractivity contribution in [1.29, 1.82) is 5.26 Å². The Morgan fingerprint density at radius 2 is 2.33 bits per heavy atom. The van der Waals surface area contributed by atoms with Gasteiger partial charge in [-0.1, -0.05) is 6.42 Å². The molecule has 3 nitrogen and oxygen atoms in total. The number of nitrogens with zero attached hydrogens (tertiary/aromatic N) is 2. The third-order valence-electron chi connectivity index (χ3n) is 2.45. The summed E-state index contributed by atoms with van der Waals surface area (Å²) in [5.74, 6) is 0.168. The zero-order chi connectivity index (χ0) is 8.97. The van der Waals surface area contributed by atoms with Gasteiger partial charge in [-0.25, -0.2) is 0 Å². The SMILES string of the molecule is CCON(C)C1CCCC1C#N. The van der Waals surface area contributed by atoms with E-state index in [4.69, 9.17) is 10.1 Å². The van der Waals surface area contributed by atoms with Crippen LogP contribution in [0.3, 0.4) is 0 Å². The summed E-state index contributed by atoms with van der Waals surface area (Å²) in [5.41, 5.74) is 0. The van der Waals surface area contributed by atoms with Gasteiger partial charge < -0.3 is 0 Å². The lowest BCUT2D eigenvalue weighted by atomic mass is 10.1. The molecule has 1 rings (SSSR count). The van der Waals surface area contributed by atoms with E-state index in [2.05, 4.69) is 6.07 Å². The van der Waals surface area contributed by atoms with Gasteiger partial charge in [-0.3, -0.25) is 4.84 Å². The molecule has 1 fully saturated rings. The molecule has 0 heterocycles. The van der Waals surface area contributed by atoms with Gasteiger partial charge in [-0.2, -0.15) is 10.3 Å². The minimum absolute atomic E-state index is 0.168. The normalized spacial score (nSPS) is 29.2. The molecule has 0 radical (unpaired) electrons. The van der Waals surface area contributed by atoms with E-state index in [-0.39, 0.29) is 5.92 Å². The highest BCUT2D eigenvalue weighted by Crippen LogP contribution is 2.28. The Balaban J connectivity index is 2.44. The van der Waals surface area contributed by atoms with Gasteiger partial charge in [0.1, 0.15) is 0 Å². The molecular formula is C9H16N2O. The smallest absolute Gasteiger partial charge is 0.0673 e. The average molecular weight is 168 g/mol. The number of hydrogen-bond donors (Lipinski definition) is 0. The Hall–Kier alpha value is -0.590. The Morgan fingerprint density at radius 1 is 1.58 bits per heavy atom. The second-order valence-corrected chi connectivity index (χ2v) is 3.20. The molecule has 68 valence electrons. The fraction of sp³-hybridized carbons (Fsp3) is 0.889. The molecular weight excluding hydrogens is 152 g/mol. The van der Waals surface area contributed by atoms with E-state index in [1.807, 2.05) is 19.0 Å². The van der Waals surface area contributed by atoms with Gasteiger partial charge in [0.05, 0.1) is 24.6 Å². The van der Waals surface area contributed by atoms with Gasteiger partial charge in [-0.15, -0.1) is 0 Å². The van der Waals surface area contributed by atoms with E-state index in [1.54, 1.807) is 0 Å². The number of rotatable bonds is 3. The third-order valence-corrected chi connectivity index (χ3v) is 2.45. The first-order chi connectivity index (χ1) is 5.79. The molecule has 1 saturated carbocycles. The van der Waals surface area contributed by atoms with Crippen LogP contribution >= 0.6 is 0 Å². The zero-order valence-electron chi connectivity index (χ0n) is 7.79. The molecule has 3 heteroatoms. The summed E-state index contributed by atoms with van der Waals surface area (Å²) >= 11 is 0. The van der Waals surface area contributed by atoms with Crippen LogP contribution in [0.1, 0.15) is 26.2 Å². The van der Waals surface area contributed by atoms with Crippen LogP contribution in [-0.4, -0.2) is 24.8 Å². The third kappa shape index (κ3) is 1.96. The van der Waals surface area contributed by atoms with Crippen molar-refractivity contribution in [1.82, 2.24) is 5.06 Å². The van der Waals surface area contributed by atoms with Crippen molar-refractivity contribution in [2.24, 2.45) is 5.92 Å². The zero-order valence-corrected chi connectivity index (χ0v) is 7.79. The maximum absolute atomic E-state index is 8.82. The Labute approximate surface area is 73.9 Å². The van der Waals surface area contributed by atoms with Crippen LogP contribution in [0.5, 0.6) is 0 Å². The first kappa shape index (κ1) is 9.50. The van der Waals surface area contributed by atoms with E-state index in [9.17, 15) is 0 Å². The van der Waals surface area contributed by atoms with Gasteiger partial charge in [0.2, 0.25) is 0 Å². The van der Waals surface area contributed by atoms with Crippen molar-refractivity contribution in [3.63, 3.8) is 0 Å². The molecule has 12 heavy (non-hydrogen) atoms. The maximum atomic E-state index is 8.82. The monoisotopic (exact) mass is 168 g/mol. The highest BCUT2D eigenvalue weighted by Gasteiger charge is 2.30. The van der Waals surface area contributed by atoms with Crippen LogP contribution in [0, 0.1) is 17.2 Å². The molecule has 2 unspecified atom stereocenters. The summed E-state index contributed by atoms with van der Waals surface area (Å²) in [6.45, 7) is 2.65. The van der Waals surface area contributed by atoms with Gasteiger partial charge >= 0.3 is 0 Å². The highest BCUT2D eigenvalue weighted by molar-refractivity contribution is 4.95. The second kappa shape index (κ2) is 4.44. The Kier molecular flexibility index (Phi) is 3.51. The number of nitriles is 1. The second-order valence-electron chi connectivity index (χ2n) is 3.20. The van der Waals surface area contributed by atoms with Crippen molar-refractivity contribution >= 4 is 0 Å². The molecule has 0 saturated heterocycles. The molecule has 1 aliphatic rings. The van der Waals surface area contributed by atoms with Crippen molar-refractivity contribution in [3.05, 3.63) is 0 Å². The molecule has 0 amide bonds. The summed E-state index contributed by atoms with van der Waals surface area (Å²) in [4.78, 5) is 5.34. The fourth-order valence-corrected chi connectivity index (χ4v) is 1.83. The van der Waals surface area contributed by atoms with Crippen LogP contribution in [0.4, 0.5) is 0 Å². The van der Waals surface area contributed by atoms with Gasteiger partial charge in [-0.05, 0) is 19.8 Å². The van der Waals surface area contributed by atoms with E-state index in [0.29, 0.717) is 12.6 Å². The molecule has 0 N–H and O–H groups in total. The molecule has 0 aromatic heterocycles. The van der Waals surface area contributed by atoms with Crippen LogP contribution in [-0.2, 0) is 4.84 Å². The van der Waals surface area contributed by atoms with Gasteiger partial charge in [0.25, 0.3) is 0 Å². The van der Waals surface area contributed by atoms with E-state index < -0.39 is 0 Å².